The van der Waals surface area contributed by atoms with E-state index in [1.165, 1.54) is 6.07 Å². The van der Waals surface area contributed by atoms with Gasteiger partial charge >= 0.3 is 5.97 Å². The van der Waals surface area contributed by atoms with E-state index in [1.807, 2.05) is 0 Å². The van der Waals surface area contributed by atoms with Crippen molar-refractivity contribution in [2.24, 2.45) is 11.8 Å². The van der Waals surface area contributed by atoms with Crippen LogP contribution in [-0.4, -0.2) is 22.9 Å². The molecule has 9 heteroatoms. The number of carbonyl (C=O) groups excluding carboxylic acids is 2. The highest BCUT2D eigenvalue weighted by molar-refractivity contribution is 6.35. The van der Waals surface area contributed by atoms with Crippen molar-refractivity contribution in [1.82, 2.24) is 10.9 Å². The van der Waals surface area contributed by atoms with Crippen LogP contribution in [0.15, 0.2) is 54.6 Å². The van der Waals surface area contributed by atoms with E-state index < -0.39 is 29.6 Å². The molecule has 162 valence electrons. The van der Waals surface area contributed by atoms with E-state index in [-0.39, 0.29) is 18.6 Å². The first-order chi connectivity index (χ1) is 14.8. The van der Waals surface area contributed by atoms with Crippen LogP contribution in [0.2, 0.25) is 10.0 Å². The van der Waals surface area contributed by atoms with Gasteiger partial charge < -0.3 is 9.84 Å². The Morgan fingerprint density at radius 3 is 2.45 bits per heavy atom. The number of hydrazine groups is 1. The molecule has 1 aliphatic rings. The Kier molecular flexibility index (Phi) is 7.55. The smallest absolute Gasteiger partial charge is 0.307 e. The molecule has 3 rings (SSSR count). The van der Waals surface area contributed by atoms with Gasteiger partial charge in [-0.1, -0.05) is 47.5 Å². The fourth-order valence-corrected chi connectivity index (χ4v) is 3.65. The third-order valence-corrected chi connectivity index (χ3v) is 5.48. The molecule has 2 amide bonds. The molecule has 31 heavy (non-hydrogen) atoms. The molecule has 0 saturated heterocycles. The predicted molar refractivity (Wildman–Crippen MR) is 116 cm³/mol. The van der Waals surface area contributed by atoms with Gasteiger partial charge in [-0.15, -0.1) is 0 Å². The number of carboxylic acid groups (broad SMARTS) is 1. The molecule has 0 fully saturated rings. The van der Waals surface area contributed by atoms with Crippen LogP contribution in [0.25, 0.3) is 0 Å². The predicted octanol–water partition coefficient (Wildman–Crippen LogP) is 4.00. The first kappa shape index (κ1) is 22.7. The summed E-state index contributed by atoms with van der Waals surface area (Å²) in [6.45, 7) is 0.184. The number of carboxylic acids is 1. The molecule has 0 bridgehead atoms. The first-order valence-corrected chi connectivity index (χ1v) is 10.3. The van der Waals surface area contributed by atoms with E-state index in [0.717, 1.165) is 5.56 Å². The molecule has 0 radical (unpaired) electrons. The normalized spacial score (nSPS) is 17.6. The molecule has 3 N–H and O–H groups in total. The maximum Gasteiger partial charge on any atom is 0.307 e. The van der Waals surface area contributed by atoms with Crippen molar-refractivity contribution < 1.29 is 24.2 Å². The van der Waals surface area contributed by atoms with Gasteiger partial charge in [0.15, 0.2) is 0 Å². The minimum atomic E-state index is -1.04. The lowest BCUT2D eigenvalue weighted by atomic mass is 9.82. The lowest BCUT2D eigenvalue weighted by Crippen LogP contribution is -2.47. The molecule has 2 aromatic rings. The summed E-state index contributed by atoms with van der Waals surface area (Å²) >= 11 is 12.0. The molecule has 0 unspecified atom stereocenters. The van der Waals surface area contributed by atoms with Gasteiger partial charge in [0.05, 0.1) is 11.8 Å². The van der Waals surface area contributed by atoms with Crippen LogP contribution in [-0.2, 0) is 16.2 Å². The summed E-state index contributed by atoms with van der Waals surface area (Å²) in [6, 6.07) is 11.5. The van der Waals surface area contributed by atoms with Crippen LogP contribution in [0, 0.1) is 11.8 Å². The van der Waals surface area contributed by atoms with Crippen molar-refractivity contribution >= 4 is 41.0 Å². The Morgan fingerprint density at radius 2 is 1.74 bits per heavy atom. The van der Waals surface area contributed by atoms with Gasteiger partial charge in [0.25, 0.3) is 5.91 Å². The highest BCUT2D eigenvalue weighted by Crippen LogP contribution is 2.26. The van der Waals surface area contributed by atoms with Crippen molar-refractivity contribution in [2.45, 2.75) is 19.4 Å². The standard InChI is InChI=1S/C22H20Cl2N2O5/c23-15-9-8-14(19(24)11-15)12-31-16-5-3-4-13(10-16)20(27)25-26-21(28)17-6-1-2-7-18(17)22(29)30/h1-5,8-11,17-18H,6-7,12H2,(H,25,27)(H,26,28)(H,29,30)/t17-,18-/m1/s1. The Hall–Kier alpha value is -3.03. The average Bonchev–Trinajstić information content (AvgIpc) is 2.76. The molecule has 2 aromatic carbocycles. The zero-order chi connectivity index (χ0) is 22.4. The molecule has 7 nitrogen and oxygen atoms in total. The second-order valence-electron chi connectivity index (χ2n) is 6.99. The van der Waals surface area contributed by atoms with E-state index in [4.69, 9.17) is 27.9 Å². The quantitative estimate of drug-likeness (QED) is 0.444. The second-order valence-corrected chi connectivity index (χ2v) is 7.83. The third-order valence-electron chi connectivity index (χ3n) is 4.89. The summed E-state index contributed by atoms with van der Waals surface area (Å²) in [5.74, 6) is -3.27. The Morgan fingerprint density at radius 1 is 1.00 bits per heavy atom. The Bertz CT molecular complexity index is 1020. The number of halogens is 2. The lowest BCUT2D eigenvalue weighted by molar-refractivity contribution is -0.147. The summed E-state index contributed by atoms with van der Waals surface area (Å²) in [5, 5.41) is 10.3. The van der Waals surface area contributed by atoms with Crippen LogP contribution in [0.5, 0.6) is 5.75 Å². The molecule has 0 aromatic heterocycles. The molecule has 0 spiro atoms. The van der Waals surface area contributed by atoms with Crippen LogP contribution in [0.4, 0.5) is 0 Å². The summed E-state index contributed by atoms with van der Waals surface area (Å²) in [5.41, 5.74) is 5.65. The Labute approximate surface area is 189 Å². The number of hydrogen-bond donors (Lipinski definition) is 3. The van der Waals surface area contributed by atoms with Crippen LogP contribution in [0.1, 0.15) is 28.8 Å². The SMILES string of the molecule is O=C(NNC(=O)[C@@H]1CC=CC[C@H]1C(=O)O)c1cccc(OCc2ccc(Cl)cc2Cl)c1. The first-order valence-electron chi connectivity index (χ1n) is 9.50. The van der Waals surface area contributed by atoms with Gasteiger partial charge in [0.1, 0.15) is 12.4 Å². The zero-order valence-corrected chi connectivity index (χ0v) is 17.8. The maximum absolute atomic E-state index is 12.4. The largest absolute Gasteiger partial charge is 0.489 e. The topological polar surface area (TPSA) is 105 Å². The number of carbonyl (C=O) groups is 3. The lowest BCUT2D eigenvalue weighted by Gasteiger charge is -2.24. The fourth-order valence-electron chi connectivity index (χ4n) is 3.19. The van der Waals surface area contributed by atoms with E-state index in [1.54, 1.807) is 48.6 Å². The molecular weight excluding hydrogens is 443 g/mol. The summed E-state index contributed by atoms with van der Waals surface area (Å²) in [4.78, 5) is 36.1. The number of ether oxygens (including phenoxy) is 1. The molecule has 1 aliphatic carbocycles. The van der Waals surface area contributed by atoms with Gasteiger partial charge in [0.2, 0.25) is 5.91 Å². The number of amides is 2. The van der Waals surface area contributed by atoms with Crippen molar-refractivity contribution in [3.63, 3.8) is 0 Å². The average molecular weight is 463 g/mol. The van der Waals surface area contributed by atoms with Crippen LogP contribution < -0.4 is 15.6 Å². The highest BCUT2D eigenvalue weighted by Gasteiger charge is 2.34. The second kappa shape index (κ2) is 10.3. The van der Waals surface area contributed by atoms with Gasteiger partial charge in [-0.2, -0.15) is 0 Å². The van der Waals surface area contributed by atoms with E-state index in [0.29, 0.717) is 22.2 Å². The Balaban J connectivity index is 1.57. The zero-order valence-electron chi connectivity index (χ0n) is 16.3. The maximum atomic E-state index is 12.4. The number of allylic oxidation sites excluding steroid dienone is 2. The number of aliphatic carboxylic acids is 1. The summed E-state index contributed by atoms with van der Waals surface area (Å²) < 4.78 is 5.70. The highest BCUT2D eigenvalue weighted by atomic mass is 35.5. The molecular formula is C22H20Cl2N2O5. The van der Waals surface area contributed by atoms with Crippen LogP contribution in [0.3, 0.4) is 0 Å². The van der Waals surface area contributed by atoms with Crippen LogP contribution >= 0.6 is 23.2 Å². The van der Waals surface area contributed by atoms with E-state index in [2.05, 4.69) is 10.9 Å². The van der Waals surface area contributed by atoms with Gasteiger partial charge in [-0.3, -0.25) is 25.2 Å². The number of benzene rings is 2. The van der Waals surface area contributed by atoms with Crippen molar-refractivity contribution in [3.8, 4) is 5.75 Å². The monoisotopic (exact) mass is 462 g/mol. The molecule has 0 heterocycles. The number of hydrogen-bond acceptors (Lipinski definition) is 4. The minimum absolute atomic E-state index is 0.184. The van der Waals surface area contributed by atoms with E-state index in [9.17, 15) is 19.5 Å². The molecule has 2 atom stereocenters. The number of nitrogens with one attached hydrogen (secondary N) is 2. The van der Waals surface area contributed by atoms with Crippen molar-refractivity contribution in [3.05, 3.63) is 75.8 Å². The van der Waals surface area contributed by atoms with Gasteiger partial charge in [-0.05, 0) is 43.2 Å². The van der Waals surface area contributed by atoms with E-state index >= 15 is 0 Å². The van der Waals surface area contributed by atoms with Crippen molar-refractivity contribution in [2.75, 3.05) is 0 Å². The van der Waals surface area contributed by atoms with Gasteiger partial charge in [0, 0.05) is 21.2 Å². The molecule has 0 saturated carbocycles. The number of rotatable bonds is 6. The molecule has 0 aliphatic heterocycles. The minimum Gasteiger partial charge on any atom is -0.489 e. The van der Waals surface area contributed by atoms with Crippen molar-refractivity contribution in [1.29, 1.82) is 0 Å². The van der Waals surface area contributed by atoms with Gasteiger partial charge in [-0.25, -0.2) is 0 Å². The third kappa shape index (κ3) is 5.99. The summed E-state index contributed by atoms with van der Waals surface area (Å²) in [6.07, 6.45) is 4.08. The summed E-state index contributed by atoms with van der Waals surface area (Å²) in [7, 11) is 0. The fraction of sp³-hybridized carbons (Fsp3) is 0.227.